The fraction of sp³-hybridized carbons (Fsp3) is 0.444. The molecule has 1 heterocycles. The van der Waals surface area contributed by atoms with E-state index in [2.05, 4.69) is 4.98 Å². The Bertz CT molecular complexity index is 317. The Morgan fingerprint density at radius 1 is 1.58 bits per heavy atom. The number of aromatic amines is 1. The summed E-state index contributed by atoms with van der Waals surface area (Å²) in [5.74, 6) is 0. The van der Waals surface area contributed by atoms with Crippen LogP contribution in [0.5, 0.6) is 0 Å². The zero-order valence-electron chi connectivity index (χ0n) is 7.29. The monoisotopic (exact) mass is 167 g/mol. The minimum absolute atomic E-state index is 0.125. The smallest absolute Gasteiger partial charge is 0.248 e. The molecule has 12 heavy (non-hydrogen) atoms. The van der Waals surface area contributed by atoms with Crippen molar-refractivity contribution in [2.24, 2.45) is 0 Å². The molecule has 1 unspecified atom stereocenters. The van der Waals surface area contributed by atoms with Gasteiger partial charge in [0.15, 0.2) is 0 Å². The maximum Gasteiger partial charge on any atom is 0.248 e. The molecule has 3 nitrogen and oxygen atoms in total. The molecule has 0 spiro atoms. The van der Waals surface area contributed by atoms with Crippen molar-refractivity contribution < 1.29 is 5.11 Å². The van der Waals surface area contributed by atoms with Crippen LogP contribution in [-0.2, 0) is 0 Å². The van der Waals surface area contributed by atoms with Crippen molar-refractivity contribution in [2.45, 2.75) is 26.4 Å². The van der Waals surface area contributed by atoms with Crippen LogP contribution in [0.4, 0.5) is 0 Å². The van der Waals surface area contributed by atoms with Gasteiger partial charge in [0.25, 0.3) is 0 Å². The number of H-pyrrole nitrogens is 1. The molecule has 0 saturated heterocycles. The molecule has 0 saturated carbocycles. The van der Waals surface area contributed by atoms with Crippen LogP contribution < -0.4 is 5.56 Å². The number of hydrogen-bond acceptors (Lipinski definition) is 2. The minimum Gasteiger partial charge on any atom is -0.388 e. The van der Waals surface area contributed by atoms with Crippen molar-refractivity contribution in [3.05, 3.63) is 33.7 Å². The average Bonchev–Trinajstić information content (AvgIpc) is 2.03. The molecular weight excluding hydrogens is 154 g/mol. The van der Waals surface area contributed by atoms with Crippen molar-refractivity contribution in [2.75, 3.05) is 0 Å². The van der Waals surface area contributed by atoms with Crippen LogP contribution >= 0.6 is 0 Å². The lowest BCUT2D eigenvalue weighted by atomic mass is 10.1. The first-order valence-corrected chi connectivity index (χ1v) is 4.03. The molecule has 0 aliphatic carbocycles. The zero-order chi connectivity index (χ0) is 9.14. The van der Waals surface area contributed by atoms with Gasteiger partial charge in [-0.1, -0.05) is 6.92 Å². The summed E-state index contributed by atoms with van der Waals surface area (Å²) in [6.07, 6.45) is 0.189. The van der Waals surface area contributed by atoms with Crippen molar-refractivity contribution in [1.29, 1.82) is 0 Å². The average molecular weight is 167 g/mol. The largest absolute Gasteiger partial charge is 0.388 e. The van der Waals surface area contributed by atoms with E-state index in [0.29, 0.717) is 6.42 Å². The number of hydrogen-bond donors (Lipinski definition) is 2. The van der Waals surface area contributed by atoms with Crippen molar-refractivity contribution in [1.82, 2.24) is 4.98 Å². The molecule has 0 aliphatic heterocycles. The maximum atomic E-state index is 10.8. The predicted octanol–water partition coefficient (Wildman–Crippen LogP) is 1.13. The third-order valence-electron chi connectivity index (χ3n) is 1.90. The van der Waals surface area contributed by atoms with Crippen molar-refractivity contribution in [3.8, 4) is 0 Å². The molecule has 3 heteroatoms. The minimum atomic E-state index is -0.471. The standard InChI is InChI=1S/C9H13NO2/c1-3-8(11)7-4-5-9(12)10-6(7)2/h4-5,8,11H,3H2,1-2H3,(H,10,12). The second-order valence-corrected chi connectivity index (χ2v) is 2.83. The molecule has 0 amide bonds. The summed E-state index contributed by atoms with van der Waals surface area (Å²) in [7, 11) is 0. The van der Waals surface area contributed by atoms with Crippen molar-refractivity contribution >= 4 is 0 Å². The number of aliphatic hydroxyl groups excluding tert-OH is 1. The van der Waals surface area contributed by atoms with Crippen LogP contribution in [0.2, 0.25) is 0 Å². The molecule has 0 aliphatic rings. The number of pyridine rings is 1. The lowest BCUT2D eigenvalue weighted by Gasteiger charge is -2.09. The molecular formula is C9H13NO2. The van der Waals surface area contributed by atoms with Gasteiger partial charge in [0.05, 0.1) is 6.10 Å². The topological polar surface area (TPSA) is 53.1 Å². The van der Waals surface area contributed by atoms with Gasteiger partial charge in [0, 0.05) is 11.8 Å². The first-order valence-electron chi connectivity index (χ1n) is 4.03. The molecule has 0 radical (unpaired) electrons. The summed E-state index contributed by atoms with van der Waals surface area (Å²) in [5.41, 5.74) is 1.42. The van der Waals surface area contributed by atoms with E-state index < -0.39 is 6.10 Å². The van der Waals surface area contributed by atoms with Gasteiger partial charge in [-0.2, -0.15) is 0 Å². The number of aliphatic hydroxyl groups is 1. The number of rotatable bonds is 2. The third kappa shape index (κ3) is 1.74. The normalized spacial score (nSPS) is 12.9. The molecule has 1 aromatic rings. The van der Waals surface area contributed by atoms with E-state index in [-0.39, 0.29) is 5.56 Å². The highest BCUT2D eigenvalue weighted by Crippen LogP contribution is 2.16. The summed E-state index contributed by atoms with van der Waals surface area (Å²) in [4.78, 5) is 13.5. The third-order valence-corrected chi connectivity index (χ3v) is 1.90. The van der Waals surface area contributed by atoms with Crippen molar-refractivity contribution in [3.63, 3.8) is 0 Å². The first-order chi connectivity index (χ1) is 5.65. The maximum absolute atomic E-state index is 10.8. The van der Waals surface area contributed by atoms with E-state index in [1.807, 2.05) is 6.92 Å². The summed E-state index contributed by atoms with van der Waals surface area (Å²) in [5, 5.41) is 9.48. The highest BCUT2D eigenvalue weighted by molar-refractivity contribution is 5.20. The van der Waals surface area contributed by atoms with Crippen LogP contribution in [0.15, 0.2) is 16.9 Å². The Hall–Kier alpha value is -1.09. The SMILES string of the molecule is CCC(O)c1ccc(=O)[nH]c1C. The quantitative estimate of drug-likeness (QED) is 0.693. The van der Waals surface area contributed by atoms with E-state index in [1.165, 1.54) is 6.07 Å². The van der Waals surface area contributed by atoms with E-state index in [4.69, 9.17) is 0 Å². The number of aryl methyl sites for hydroxylation is 1. The Balaban J connectivity index is 3.09. The van der Waals surface area contributed by atoms with Crippen LogP contribution in [-0.4, -0.2) is 10.1 Å². The van der Waals surface area contributed by atoms with Gasteiger partial charge in [-0.3, -0.25) is 4.79 Å². The number of nitrogens with one attached hydrogen (secondary N) is 1. The molecule has 1 rings (SSSR count). The molecule has 1 aromatic heterocycles. The second-order valence-electron chi connectivity index (χ2n) is 2.83. The van der Waals surface area contributed by atoms with Gasteiger partial charge in [0.2, 0.25) is 5.56 Å². The summed E-state index contributed by atoms with van der Waals surface area (Å²) < 4.78 is 0. The van der Waals surface area contributed by atoms with Gasteiger partial charge in [-0.05, 0) is 25.0 Å². The van der Waals surface area contributed by atoms with Crippen LogP contribution in [0, 0.1) is 6.92 Å². The van der Waals surface area contributed by atoms with Crippen LogP contribution in [0.3, 0.4) is 0 Å². The number of aromatic nitrogens is 1. The summed E-state index contributed by atoms with van der Waals surface area (Å²) in [6.45, 7) is 3.69. The fourth-order valence-corrected chi connectivity index (χ4v) is 1.17. The Morgan fingerprint density at radius 3 is 2.75 bits per heavy atom. The molecule has 0 bridgehead atoms. The van der Waals surface area contributed by atoms with Gasteiger partial charge in [-0.25, -0.2) is 0 Å². The van der Waals surface area contributed by atoms with Crippen LogP contribution in [0.1, 0.15) is 30.7 Å². The van der Waals surface area contributed by atoms with Gasteiger partial charge >= 0.3 is 0 Å². The van der Waals surface area contributed by atoms with E-state index in [0.717, 1.165) is 11.3 Å². The Morgan fingerprint density at radius 2 is 2.25 bits per heavy atom. The van der Waals surface area contributed by atoms with Gasteiger partial charge < -0.3 is 10.1 Å². The highest BCUT2D eigenvalue weighted by atomic mass is 16.3. The summed E-state index contributed by atoms with van der Waals surface area (Å²) in [6, 6.07) is 3.10. The van der Waals surface area contributed by atoms with Gasteiger partial charge in [0.1, 0.15) is 0 Å². The summed E-state index contributed by atoms with van der Waals surface area (Å²) >= 11 is 0. The lowest BCUT2D eigenvalue weighted by molar-refractivity contribution is 0.172. The molecule has 1 atom stereocenters. The van der Waals surface area contributed by atoms with E-state index in [9.17, 15) is 9.90 Å². The van der Waals surface area contributed by atoms with Gasteiger partial charge in [-0.15, -0.1) is 0 Å². The first kappa shape index (κ1) is 9.00. The molecule has 0 aromatic carbocycles. The Kier molecular flexibility index (Phi) is 2.65. The Labute approximate surface area is 71.1 Å². The molecule has 0 fully saturated rings. The lowest BCUT2D eigenvalue weighted by Crippen LogP contribution is -2.09. The van der Waals surface area contributed by atoms with Crippen LogP contribution in [0.25, 0.3) is 0 Å². The van der Waals surface area contributed by atoms with E-state index >= 15 is 0 Å². The van der Waals surface area contributed by atoms with E-state index in [1.54, 1.807) is 13.0 Å². The highest BCUT2D eigenvalue weighted by Gasteiger charge is 2.07. The molecule has 2 N–H and O–H groups in total. The predicted molar refractivity (Wildman–Crippen MR) is 47.1 cm³/mol. The fourth-order valence-electron chi connectivity index (χ4n) is 1.17. The molecule has 66 valence electrons. The zero-order valence-corrected chi connectivity index (χ0v) is 7.29. The second kappa shape index (κ2) is 3.54.